The van der Waals surface area contributed by atoms with E-state index in [1.54, 1.807) is 29.9 Å². The molecule has 7 heteroatoms. The summed E-state index contributed by atoms with van der Waals surface area (Å²) in [6.07, 6.45) is 3.76. The Kier molecular flexibility index (Phi) is 7.44. The zero-order valence-electron chi connectivity index (χ0n) is 18.3. The highest BCUT2D eigenvalue weighted by Crippen LogP contribution is 2.28. The molecule has 0 saturated carbocycles. The van der Waals surface area contributed by atoms with Crippen LogP contribution in [0.15, 0.2) is 67.0 Å². The third-order valence-corrected chi connectivity index (χ3v) is 5.97. The van der Waals surface area contributed by atoms with Crippen molar-refractivity contribution in [3.63, 3.8) is 0 Å². The molecule has 4 nitrogen and oxygen atoms in total. The molecule has 0 fully saturated rings. The van der Waals surface area contributed by atoms with Crippen molar-refractivity contribution in [2.75, 3.05) is 12.4 Å². The minimum Gasteiger partial charge on any atom is -0.502 e. The van der Waals surface area contributed by atoms with E-state index in [1.807, 2.05) is 48.8 Å². The molecule has 1 aromatic heterocycles. The number of ether oxygens (including phenoxy) is 1. The molecule has 0 saturated heterocycles. The van der Waals surface area contributed by atoms with Crippen LogP contribution in [0.1, 0.15) is 31.9 Å². The summed E-state index contributed by atoms with van der Waals surface area (Å²) < 4.78 is 6.99. The fraction of sp³-hybridized carbons (Fsp3) is 0.200. The van der Waals surface area contributed by atoms with Crippen molar-refractivity contribution in [1.29, 1.82) is 0 Å². The van der Waals surface area contributed by atoms with E-state index in [-0.39, 0.29) is 11.2 Å². The highest BCUT2D eigenvalue weighted by molar-refractivity contribution is 7.81. The number of aromatic nitrogens is 1. The Morgan fingerprint density at radius 2 is 1.59 bits per heavy atom. The summed E-state index contributed by atoms with van der Waals surface area (Å²) in [4.78, 5) is 0.340. The van der Waals surface area contributed by atoms with Crippen LogP contribution in [0.4, 0.5) is 5.69 Å². The SMILES string of the molecule is COc1ccc(NC(=S)/C(=C(\O)c2ccc(Cl)c(Cl)c2)[n+]2ccc(C(C)(C)C)cc2)cc1. The number of methoxy groups -OCH3 is 1. The molecule has 0 atom stereocenters. The average Bonchev–Trinajstić information content (AvgIpc) is 2.76. The number of anilines is 1. The van der Waals surface area contributed by atoms with Gasteiger partial charge in [0.2, 0.25) is 0 Å². The number of hydrogen-bond acceptors (Lipinski definition) is 3. The van der Waals surface area contributed by atoms with E-state index in [1.165, 1.54) is 0 Å². The molecule has 0 bridgehead atoms. The Morgan fingerprint density at radius 1 is 0.969 bits per heavy atom. The number of benzene rings is 2. The van der Waals surface area contributed by atoms with Gasteiger partial charge in [-0.3, -0.25) is 0 Å². The Hall–Kier alpha value is -2.60. The number of aliphatic hydroxyl groups excluding tert-OH is 1. The zero-order chi connectivity index (χ0) is 23.5. The van der Waals surface area contributed by atoms with Crippen LogP contribution in [0.3, 0.4) is 0 Å². The lowest BCUT2D eigenvalue weighted by Crippen LogP contribution is -2.39. The predicted molar refractivity (Wildman–Crippen MR) is 137 cm³/mol. The first-order chi connectivity index (χ1) is 15.1. The lowest BCUT2D eigenvalue weighted by molar-refractivity contribution is -0.575. The molecule has 2 aromatic carbocycles. The first-order valence-electron chi connectivity index (χ1n) is 9.96. The van der Waals surface area contributed by atoms with Crippen LogP contribution in [0, 0.1) is 0 Å². The number of pyridine rings is 1. The molecule has 32 heavy (non-hydrogen) atoms. The smallest absolute Gasteiger partial charge is 0.288 e. The molecule has 2 N–H and O–H groups in total. The van der Waals surface area contributed by atoms with Crippen LogP contribution < -0.4 is 14.6 Å². The van der Waals surface area contributed by atoms with Gasteiger partial charge in [-0.15, -0.1) is 0 Å². The van der Waals surface area contributed by atoms with E-state index in [2.05, 4.69) is 26.1 Å². The van der Waals surface area contributed by atoms with E-state index < -0.39 is 0 Å². The van der Waals surface area contributed by atoms with Crippen LogP contribution in [0.25, 0.3) is 11.5 Å². The van der Waals surface area contributed by atoms with Crippen molar-refractivity contribution < 1.29 is 14.4 Å². The van der Waals surface area contributed by atoms with Crippen LogP contribution >= 0.6 is 35.4 Å². The summed E-state index contributed by atoms with van der Waals surface area (Å²) in [5, 5.41) is 15.2. The number of rotatable bonds is 5. The molecule has 1 heterocycles. The summed E-state index contributed by atoms with van der Waals surface area (Å²) in [5.74, 6) is 0.714. The molecule has 0 radical (unpaired) electrons. The topological polar surface area (TPSA) is 45.4 Å². The molecule has 0 aliphatic carbocycles. The second-order valence-electron chi connectivity index (χ2n) is 8.25. The zero-order valence-corrected chi connectivity index (χ0v) is 20.6. The van der Waals surface area contributed by atoms with Gasteiger partial charge in [0.15, 0.2) is 23.1 Å². The largest absolute Gasteiger partial charge is 0.502 e. The Morgan fingerprint density at radius 3 is 2.12 bits per heavy atom. The molecule has 166 valence electrons. The minimum absolute atomic E-state index is 0.00340. The van der Waals surface area contributed by atoms with Crippen LogP contribution in [0.2, 0.25) is 10.0 Å². The van der Waals surface area contributed by atoms with Gasteiger partial charge >= 0.3 is 0 Å². The van der Waals surface area contributed by atoms with E-state index in [9.17, 15) is 5.11 Å². The van der Waals surface area contributed by atoms with Gasteiger partial charge in [-0.05, 0) is 53.4 Å². The van der Waals surface area contributed by atoms with E-state index >= 15 is 0 Å². The van der Waals surface area contributed by atoms with Gasteiger partial charge in [0.25, 0.3) is 5.70 Å². The summed E-state index contributed by atoms with van der Waals surface area (Å²) in [6.45, 7) is 6.44. The molecule has 0 unspecified atom stereocenters. The summed E-state index contributed by atoms with van der Waals surface area (Å²) in [6, 6.07) is 16.3. The second kappa shape index (κ2) is 9.90. The molecule has 0 aliphatic heterocycles. The number of thiocarbonyl (C=S) groups is 1. The van der Waals surface area contributed by atoms with E-state index in [0.717, 1.165) is 17.0 Å². The number of nitrogens with zero attached hydrogens (tertiary/aromatic N) is 1. The van der Waals surface area contributed by atoms with Gasteiger partial charge in [0.1, 0.15) is 5.75 Å². The molecule has 3 rings (SSSR count). The summed E-state index contributed by atoms with van der Waals surface area (Å²) >= 11 is 17.9. The maximum atomic E-state index is 11.2. The Bertz CT molecular complexity index is 1150. The van der Waals surface area contributed by atoms with Crippen molar-refractivity contribution in [3.05, 3.63) is 88.2 Å². The average molecular weight is 488 g/mol. The predicted octanol–water partition coefficient (Wildman–Crippen LogP) is 6.91. The highest BCUT2D eigenvalue weighted by Gasteiger charge is 2.25. The monoisotopic (exact) mass is 487 g/mol. The molecule has 3 aromatic rings. The molecule has 0 amide bonds. The first kappa shape index (κ1) is 24.1. The number of nitrogens with one attached hydrogen (secondary N) is 1. The summed E-state index contributed by atoms with van der Waals surface area (Å²) in [7, 11) is 1.61. The minimum atomic E-state index is -0.0249. The van der Waals surface area contributed by atoms with Gasteiger partial charge in [0, 0.05) is 23.4 Å². The molecular formula is C25H25Cl2N2O2S+. The standard InChI is InChI=1S/C25H24Cl2N2O2S/c1-25(2,3)17-11-13-29(14-12-17)22(23(30)16-5-10-20(26)21(27)15-16)24(32)28-18-6-8-19(31-4)9-7-18/h5-15H,1-4H3,(H-,28,30,32)/p+1. The van der Waals surface area contributed by atoms with Gasteiger partial charge in [-0.25, -0.2) is 0 Å². The van der Waals surface area contributed by atoms with Crippen molar-refractivity contribution >= 4 is 57.6 Å². The molecule has 0 aliphatic rings. The van der Waals surface area contributed by atoms with Crippen molar-refractivity contribution in [3.8, 4) is 5.75 Å². The van der Waals surface area contributed by atoms with Crippen molar-refractivity contribution in [2.24, 2.45) is 0 Å². The van der Waals surface area contributed by atoms with Gasteiger partial charge < -0.3 is 15.2 Å². The quantitative estimate of drug-likeness (QED) is 0.177. The van der Waals surface area contributed by atoms with Crippen molar-refractivity contribution in [2.45, 2.75) is 26.2 Å². The second-order valence-corrected chi connectivity index (χ2v) is 9.48. The van der Waals surface area contributed by atoms with Crippen LogP contribution in [0.5, 0.6) is 5.75 Å². The third-order valence-electron chi connectivity index (χ3n) is 4.93. The number of halogens is 2. The highest BCUT2D eigenvalue weighted by atomic mass is 35.5. The van der Waals surface area contributed by atoms with E-state index in [4.69, 9.17) is 40.2 Å². The van der Waals surface area contributed by atoms with Gasteiger partial charge in [-0.2, -0.15) is 4.57 Å². The third kappa shape index (κ3) is 5.60. The lowest BCUT2D eigenvalue weighted by Gasteiger charge is -2.18. The fourth-order valence-corrected chi connectivity index (χ4v) is 3.69. The Balaban J connectivity index is 2.07. The maximum absolute atomic E-state index is 11.2. The van der Waals surface area contributed by atoms with Crippen molar-refractivity contribution in [1.82, 2.24) is 0 Å². The maximum Gasteiger partial charge on any atom is 0.288 e. The van der Waals surface area contributed by atoms with Gasteiger partial charge in [-0.1, -0.05) is 56.2 Å². The number of hydrogen-bond donors (Lipinski definition) is 2. The van der Waals surface area contributed by atoms with Crippen LogP contribution in [-0.2, 0) is 5.41 Å². The molecule has 0 spiro atoms. The van der Waals surface area contributed by atoms with Crippen LogP contribution in [-0.4, -0.2) is 17.2 Å². The van der Waals surface area contributed by atoms with E-state index in [0.29, 0.717) is 26.3 Å². The fourth-order valence-electron chi connectivity index (χ4n) is 3.07. The Labute approximate surface area is 204 Å². The molecular weight excluding hydrogens is 463 g/mol. The first-order valence-corrected chi connectivity index (χ1v) is 11.1. The van der Waals surface area contributed by atoms with Gasteiger partial charge in [0.05, 0.1) is 17.2 Å². The number of aliphatic hydroxyl groups is 1. The summed E-state index contributed by atoms with van der Waals surface area (Å²) in [5.41, 5.74) is 2.84. The normalized spacial score (nSPS) is 12.2. The lowest BCUT2D eigenvalue weighted by atomic mass is 9.88.